The first-order chi connectivity index (χ1) is 22.1. The van der Waals surface area contributed by atoms with Crippen molar-refractivity contribution in [3.05, 3.63) is 97.1 Å². The maximum atomic E-state index is 9.64. The number of nitrogens with zero attached hydrogens (tertiary/aromatic N) is 6. The summed E-state index contributed by atoms with van der Waals surface area (Å²) in [7, 11) is 0. The van der Waals surface area contributed by atoms with Crippen LogP contribution in [-0.4, -0.2) is 64.8 Å². The number of nitrogens with one attached hydrogen (secondary N) is 2. The van der Waals surface area contributed by atoms with E-state index in [0.29, 0.717) is 45.9 Å². The predicted molar refractivity (Wildman–Crippen MR) is 176 cm³/mol. The molecule has 4 aromatic carbocycles. The molecule has 0 fully saturated rings. The van der Waals surface area contributed by atoms with E-state index in [1.54, 1.807) is 0 Å². The molecule has 214 valence electrons. The normalized spacial score (nSPS) is 11.4. The Kier molecular flexibility index (Phi) is 6.47. The van der Waals surface area contributed by atoms with Gasteiger partial charge in [-0.3, -0.25) is 0 Å². The molecule has 8 bridgehead atoms. The monoisotopic (exact) mass is 644 g/mol. The van der Waals surface area contributed by atoms with Gasteiger partial charge in [0.2, 0.25) is 0 Å². The zero-order chi connectivity index (χ0) is 30.5. The first kappa shape index (κ1) is 26.9. The molecule has 2 aliphatic heterocycles. The Morgan fingerprint density at radius 2 is 0.733 bits per heavy atom. The van der Waals surface area contributed by atoms with Gasteiger partial charge >= 0.3 is 40.2 Å². The molecule has 0 aliphatic carbocycles. The topological polar surface area (TPSA) is 135 Å². The molecule has 7 aromatic rings. The van der Waals surface area contributed by atoms with Crippen LogP contribution in [0, 0.1) is 0 Å². The fourth-order valence-electron chi connectivity index (χ4n) is 5.59. The molecule has 2 N–H and O–H groups in total. The fourth-order valence-corrected chi connectivity index (χ4v) is 5.59. The molecule has 5 heterocycles. The minimum Gasteiger partial charge on any atom is -0.324 e. The van der Waals surface area contributed by atoms with E-state index in [0.717, 1.165) is 43.8 Å². The number of benzene rings is 4. The summed E-state index contributed by atoms with van der Waals surface area (Å²) in [4.78, 5) is 46.4. The number of H-pyrrole nitrogens is 2. The second-order valence-corrected chi connectivity index (χ2v) is 11.3. The molecule has 0 spiro atoms. The smallest absolute Gasteiger partial charge is 0.164 e. The predicted octanol–water partition coefficient (Wildman–Crippen LogP) is 5.97. The van der Waals surface area contributed by atoms with Gasteiger partial charge in [-0.25, -0.2) is 29.9 Å². The Labute approximate surface area is 266 Å². The molecule has 0 unspecified atom stereocenters. The van der Waals surface area contributed by atoms with E-state index < -0.39 is 0 Å². The quantitative estimate of drug-likeness (QED) is 0.193. The van der Waals surface area contributed by atoms with Crippen molar-refractivity contribution in [3.63, 3.8) is 0 Å². The average molecular weight is 645 g/mol. The van der Waals surface area contributed by atoms with Crippen LogP contribution in [0.4, 0.5) is 0 Å². The second-order valence-electron chi connectivity index (χ2n) is 10.5. The van der Waals surface area contributed by atoms with Gasteiger partial charge in [0, 0.05) is 43.8 Å². The second kappa shape index (κ2) is 10.8. The summed E-state index contributed by atoms with van der Waals surface area (Å²) >= 11 is 0.235. The Morgan fingerprint density at radius 3 is 0.978 bits per heavy atom. The molecule has 10 nitrogen and oxygen atoms in total. The van der Waals surface area contributed by atoms with Crippen molar-refractivity contribution in [1.82, 2.24) is 39.9 Å². The molecule has 0 saturated carbocycles. The van der Waals surface area contributed by atoms with Crippen LogP contribution in [0.3, 0.4) is 0 Å². The molecule has 11 heteroatoms. The standard InChI is InChI=1S/C32H18N8.C2H4O2.Ga.2H/c1-2-10-18-17(9-1)25-33-26(18)38-28-21-13-5-6-14-22(21)30(35-28)40-32-24-16-8-7-15-23(24)31(36-32)39-29-20-12-4-3-11-19(20)27(34-29)37-25;1-2(3)4;;;/h1-16H,(H2,33,34,35,36,37,38,39,40);1H3,(H,3,4);;;/q;;+1;;/p-1. The van der Waals surface area contributed by atoms with Crippen LogP contribution >= 0.6 is 0 Å². The number of hydrogen-bond acceptors (Lipinski definition) is 8. The van der Waals surface area contributed by atoms with Crippen molar-refractivity contribution in [2.75, 3.05) is 0 Å². The summed E-state index contributed by atoms with van der Waals surface area (Å²) in [5.74, 6) is 2.23. The molecular formula is C34H23GaN8O2. The van der Waals surface area contributed by atoms with Gasteiger partial charge in [-0.15, -0.1) is 0 Å². The number of carbonyl (C=O) groups is 1. The summed E-state index contributed by atoms with van der Waals surface area (Å²) < 4.78 is 4.30. The van der Waals surface area contributed by atoms with Gasteiger partial charge in [0.15, 0.2) is 23.3 Å². The first-order valence-corrected chi connectivity index (χ1v) is 16.0. The van der Waals surface area contributed by atoms with Crippen LogP contribution in [0.15, 0.2) is 97.1 Å². The largest absolute Gasteiger partial charge is 0.324 e. The van der Waals surface area contributed by atoms with E-state index in [4.69, 9.17) is 29.9 Å². The van der Waals surface area contributed by atoms with Crippen molar-refractivity contribution >= 4 is 69.1 Å². The van der Waals surface area contributed by atoms with Crippen LogP contribution in [0.2, 0.25) is 0 Å². The maximum Gasteiger partial charge on any atom is 0.164 e. The molecule has 2 aliphatic rings. The summed E-state index contributed by atoms with van der Waals surface area (Å²) in [5.41, 5.74) is 6.45. The summed E-state index contributed by atoms with van der Waals surface area (Å²) in [6, 6.07) is 32.2. The fraction of sp³-hybridized carbons (Fsp3) is 0.0294. The van der Waals surface area contributed by atoms with Gasteiger partial charge in [-0.2, -0.15) is 0 Å². The van der Waals surface area contributed by atoms with Gasteiger partial charge in [0.05, 0.1) is 0 Å². The molecule has 3 aromatic heterocycles. The minimum atomic E-state index is -0.162. The third-order valence-corrected chi connectivity index (χ3v) is 8.95. The number of carbonyl (C=O) groups excluding carboxylic acids is 1. The Balaban J connectivity index is 0.000000560. The van der Waals surface area contributed by atoms with E-state index >= 15 is 0 Å². The van der Waals surface area contributed by atoms with Crippen molar-refractivity contribution in [2.45, 2.75) is 6.92 Å². The average Bonchev–Trinajstić information content (AvgIpc) is 3.81. The molecule has 0 amide bonds. The molecule has 9 rings (SSSR count). The molecular weight excluding hydrogens is 622 g/mol. The number of rotatable bonds is 0. The Morgan fingerprint density at radius 1 is 0.489 bits per heavy atom. The van der Waals surface area contributed by atoms with Gasteiger partial charge in [0.25, 0.3) is 0 Å². The number of fused-ring (bicyclic) bond motifs is 20. The van der Waals surface area contributed by atoms with Gasteiger partial charge < -0.3 is 9.97 Å². The zero-order valence-electron chi connectivity index (χ0n) is 24.2. The summed E-state index contributed by atoms with van der Waals surface area (Å²) in [5, 5.41) is 3.82. The third kappa shape index (κ3) is 4.65. The van der Waals surface area contributed by atoms with Crippen molar-refractivity contribution < 1.29 is 8.32 Å². The molecule has 0 saturated heterocycles. The SMILES string of the molecule is CC(=O)[O][GaH2].c1ccc2c(c1)-c1nc-2nc2[nH]c(nc3nc(nc4[nH]c(n1)c1ccccc41)-c1ccccc1-3)c1ccccc21. The van der Waals surface area contributed by atoms with Crippen LogP contribution in [0.1, 0.15) is 6.92 Å². The van der Waals surface area contributed by atoms with E-state index in [-0.39, 0.29) is 24.9 Å². The number of hydrogen-bond donors (Lipinski definition) is 2. The molecule has 45 heavy (non-hydrogen) atoms. The number of aromatic nitrogens is 8. The van der Waals surface area contributed by atoms with Crippen LogP contribution < -0.4 is 0 Å². The first-order valence-electron chi connectivity index (χ1n) is 14.3. The minimum absolute atomic E-state index is 0.162. The van der Waals surface area contributed by atoms with Crippen molar-refractivity contribution in [3.8, 4) is 45.6 Å². The third-order valence-electron chi connectivity index (χ3n) is 7.75. The van der Waals surface area contributed by atoms with Crippen LogP contribution in [-0.2, 0) is 8.32 Å². The zero-order valence-corrected chi connectivity index (χ0v) is 28.4. The van der Waals surface area contributed by atoms with E-state index in [1.807, 2.05) is 97.1 Å². The van der Waals surface area contributed by atoms with Gasteiger partial charge in [0.1, 0.15) is 22.6 Å². The van der Waals surface area contributed by atoms with Crippen LogP contribution in [0.25, 0.3) is 89.7 Å². The number of aromatic amines is 2. The molecule has 0 radical (unpaired) electrons. The van der Waals surface area contributed by atoms with Gasteiger partial charge in [-0.1, -0.05) is 97.1 Å². The summed E-state index contributed by atoms with van der Waals surface area (Å²) in [6.45, 7) is 1.41. The van der Waals surface area contributed by atoms with E-state index in [9.17, 15) is 4.79 Å². The van der Waals surface area contributed by atoms with Crippen molar-refractivity contribution in [1.29, 1.82) is 0 Å². The Bertz CT molecular complexity index is 2170. The van der Waals surface area contributed by atoms with Gasteiger partial charge in [-0.05, 0) is 0 Å². The van der Waals surface area contributed by atoms with E-state index in [1.165, 1.54) is 6.92 Å². The summed E-state index contributed by atoms with van der Waals surface area (Å²) in [6.07, 6.45) is 0. The van der Waals surface area contributed by atoms with Crippen molar-refractivity contribution in [2.24, 2.45) is 0 Å². The maximum absolute atomic E-state index is 9.64. The van der Waals surface area contributed by atoms with Crippen LogP contribution in [0.5, 0.6) is 0 Å². The Hall–Kier alpha value is -5.65. The molecule has 0 atom stereocenters. The van der Waals surface area contributed by atoms with E-state index in [2.05, 4.69) is 13.5 Å².